The van der Waals surface area contributed by atoms with Crippen LogP contribution in [0.3, 0.4) is 0 Å². The van der Waals surface area contributed by atoms with Crippen LogP contribution < -0.4 is 4.74 Å². The first kappa shape index (κ1) is 19.0. The molecule has 0 unspecified atom stereocenters. The molecule has 0 aromatic heterocycles. The summed E-state index contributed by atoms with van der Waals surface area (Å²) in [5, 5.41) is 0. The Morgan fingerprint density at radius 1 is 1.04 bits per heavy atom. The van der Waals surface area contributed by atoms with Gasteiger partial charge in [-0.25, -0.2) is 4.79 Å². The largest absolute Gasteiger partial charge is 0.485 e. The average molecular weight is 330 g/mol. The van der Waals surface area contributed by atoms with E-state index in [0.717, 1.165) is 12.2 Å². The lowest BCUT2D eigenvalue weighted by Gasteiger charge is -2.22. The van der Waals surface area contributed by atoms with Crippen LogP contribution in [0.1, 0.15) is 24.2 Å². The molecule has 0 N–H and O–H groups in total. The summed E-state index contributed by atoms with van der Waals surface area (Å²) in [5.74, 6) is -2.23. The van der Waals surface area contributed by atoms with Crippen LogP contribution in [0.15, 0.2) is 49.6 Å². The first-order valence-electron chi connectivity index (χ1n) is 7.04. The lowest BCUT2D eigenvalue weighted by Crippen LogP contribution is -2.36. The molecule has 1 aromatic rings. The maximum absolute atomic E-state index is 12.4. The summed E-state index contributed by atoms with van der Waals surface area (Å²) in [6.07, 6.45) is 1.90. The van der Waals surface area contributed by atoms with E-state index < -0.39 is 35.5 Å². The number of ketones is 3. The molecule has 0 bridgehead atoms. The van der Waals surface area contributed by atoms with E-state index in [4.69, 9.17) is 9.47 Å². The number of allylic oxidation sites excluding steroid dienone is 1. The van der Waals surface area contributed by atoms with E-state index in [1.54, 1.807) is 0 Å². The second kappa shape index (κ2) is 8.01. The Morgan fingerprint density at radius 3 is 2.12 bits per heavy atom. The van der Waals surface area contributed by atoms with Crippen LogP contribution in [0.2, 0.25) is 0 Å². The molecule has 0 fully saturated rings. The van der Waals surface area contributed by atoms with Crippen molar-refractivity contribution in [3.8, 4) is 5.75 Å². The molecule has 0 amide bonds. The van der Waals surface area contributed by atoms with Crippen molar-refractivity contribution in [2.45, 2.75) is 19.4 Å². The van der Waals surface area contributed by atoms with Crippen molar-refractivity contribution in [2.75, 3.05) is 6.61 Å². The van der Waals surface area contributed by atoms with Gasteiger partial charge in [0.05, 0.1) is 0 Å². The summed E-state index contributed by atoms with van der Waals surface area (Å²) in [4.78, 5) is 46.0. The zero-order valence-electron chi connectivity index (χ0n) is 13.5. The molecule has 126 valence electrons. The Labute approximate surface area is 139 Å². The van der Waals surface area contributed by atoms with E-state index >= 15 is 0 Å². The molecule has 6 heteroatoms. The van der Waals surface area contributed by atoms with E-state index in [1.165, 1.54) is 38.1 Å². The number of hydrogen-bond acceptors (Lipinski definition) is 6. The number of carbonyl (C=O) groups is 4. The molecular weight excluding hydrogens is 312 g/mol. The Balaban J connectivity index is 2.76. The van der Waals surface area contributed by atoms with Gasteiger partial charge < -0.3 is 9.47 Å². The predicted octanol–water partition coefficient (Wildman–Crippen LogP) is 2.08. The second-order valence-electron chi connectivity index (χ2n) is 5.27. The van der Waals surface area contributed by atoms with Crippen LogP contribution in [-0.4, -0.2) is 35.5 Å². The Morgan fingerprint density at radius 2 is 1.62 bits per heavy atom. The Hall–Kier alpha value is -3.02. The van der Waals surface area contributed by atoms with Crippen LogP contribution >= 0.6 is 0 Å². The van der Waals surface area contributed by atoms with Gasteiger partial charge in [-0.05, 0) is 44.2 Å². The predicted molar refractivity (Wildman–Crippen MR) is 86.8 cm³/mol. The van der Waals surface area contributed by atoms with Crippen molar-refractivity contribution < 1.29 is 28.7 Å². The molecule has 0 heterocycles. The number of Topliss-reactive ketones (excluding diaryl/α,β-unsaturated/α-hetero) is 2. The Kier molecular flexibility index (Phi) is 6.35. The number of esters is 1. The van der Waals surface area contributed by atoms with Crippen molar-refractivity contribution in [2.24, 2.45) is 0 Å². The van der Waals surface area contributed by atoms with Gasteiger partial charge in [0.1, 0.15) is 5.75 Å². The van der Waals surface area contributed by atoms with Gasteiger partial charge in [0.15, 0.2) is 12.2 Å². The zero-order valence-corrected chi connectivity index (χ0v) is 13.5. The van der Waals surface area contributed by atoms with Crippen molar-refractivity contribution in [3.05, 3.63) is 55.1 Å². The zero-order chi connectivity index (χ0) is 18.3. The van der Waals surface area contributed by atoms with E-state index in [2.05, 4.69) is 13.2 Å². The monoisotopic (exact) mass is 330 g/mol. The third-order valence-electron chi connectivity index (χ3n) is 3.02. The van der Waals surface area contributed by atoms with Gasteiger partial charge in [-0.2, -0.15) is 0 Å². The maximum atomic E-state index is 12.4. The molecule has 1 aromatic carbocycles. The van der Waals surface area contributed by atoms with Gasteiger partial charge in [0, 0.05) is 11.6 Å². The molecule has 0 saturated carbocycles. The number of rotatable bonds is 9. The van der Waals surface area contributed by atoms with Gasteiger partial charge in [-0.15, -0.1) is 0 Å². The smallest absolute Gasteiger partial charge is 0.331 e. The minimum Gasteiger partial charge on any atom is -0.485 e. The summed E-state index contributed by atoms with van der Waals surface area (Å²) >= 11 is 0. The summed E-state index contributed by atoms with van der Waals surface area (Å²) in [6.45, 7) is 9.02. The van der Waals surface area contributed by atoms with Crippen molar-refractivity contribution in [1.29, 1.82) is 0 Å². The highest BCUT2D eigenvalue weighted by atomic mass is 16.6. The standard InChI is InChI=1S/C18H18O6/c1-5-14(19)15(20)11-23-13-9-7-12(8-10-13)17(22)18(3,4)24-16(21)6-2/h5-10H,1-2,11H2,3-4H3. The highest BCUT2D eigenvalue weighted by molar-refractivity contribution is 6.42. The topological polar surface area (TPSA) is 86.7 Å². The molecule has 6 nitrogen and oxygen atoms in total. The molecule has 0 aliphatic rings. The molecule has 0 radical (unpaired) electrons. The number of benzene rings is 1. The number of carbonyl (C=O) groups excluding carboxylic acids is 4. The van der Waals surface area contributed by atoms with Crippen LogP contribution in [0, 0.1) is 0 Å². The first-order valence-corrected chi connectivity index (χ1v) is 7.04. The summed E-state index contributed by atoms with van der Waals surface area (Å²) in [6, 6.07) is 5.90. The normalized spacial score (nSPS) is 10.4. The van der Waals surface area contributed by atoms with Crippen LogP contribution in [0.5, 0.6) is 5.75 Å². The first-order chi connectivity index (χ1) is 11.2. The van der Waals surface area contributed by atoms with E-state index in [1.807, 2.05) is 0 Å². The van der Waals surface area contributed by atoms with Gasteiger partial charge in [0.2, 0.25) is 17.3 Å². The lowest BCUT2D eigenvalue weighted by atomic mass is 9.96. The fraction of sp³-hybridized carbons (Fsp3) is 0.222. The van der Waals surface area contributed by atoms with Crippen LogP contribution in [-0.2, 0) is 19.1 Å². The summed E-state index contributed by atoms with van der Waals surface area (Å²) in [7, 11) is 0. The van der Waals surface area contributed by atoms with Crippen LogP contribution in [0.25, 0.3) is 0 Å². The molecular formula is C18H18O6. The molecule has 1 rings (SSSR count). The van der Waals surface area contributed by atoms with Gasteiger partial charge >= 0.3 is 5.97 Å². The van der Waals surface area contributed by atoms with Crippen LogP contribution in [0.4, 0.5) is 0 Å². The van der Waals surface area contributed by atoms with Crippen molar-refractivity contribution in [1.82, 2.24) is 0 Å². The van der Waals surface area contributed by atoms with Gasteiger partial charge in [-0.3, -0.25) is 14.4 Å². The van der Waals surface area contributed by atoms with Gasteiger partial charge in [0.25, 0.3) is 0 Å². The lowest BCUT2D eigenvalue weighted by molar-refractivity contribution is -0.146. The molecule has 24 heavy (non-hydrogen) atoms. The molecule has 0 spiro atoms. The average Bonchev–Trinajstić information content (AvgIpc) is 2.58. The van der Waals surface area contributed by atoms with E-state index in [9.17, 15) is 19.2 Å². The summed E-state index contributed by atoms with van der Waals surface area (Å²) < 4.78 is 10.2. The second-order valence-corrected chi connectivity index (χ2v) is 5.27. The maximum Gasteiger partial charge on any atom is 0.331 e. The molecule has 0 aliphatic carbocycles. The highest BCUT2D eigenvalue weighted by Gasteiger charge is 2.32. The fourth-order valence-corrected chi connectivity index (χ4v) is 1.72. The highest BCUT2D eigenvalue weighted by Crippen LogP contribution is 2.20. The van der Waals surface area contributed by atoms with Gasteiger partial charge in [-0.1, -0.05) is 13.2 Å². The van der Waals surface area contributed by atoms with E-state index in [-0.39, 0.29) is 0 Å². The Bertz CT molecular complexity index is 682. The fourth-order valence-electron chi connectivity index (χ4n) is 1.72. The molecule has 0 atom stereocenters. The minimum absolute atomic E-state index is 0.303. The summed E-state index contributed by atoms with van der Waals surface area (Å²) in [5.41, 5.74) is -1.04. The molecule has 0 saturated heterocycles. The van der Waals surface area contributed by atoms with Crippen molar-refractivity contribution >= 4 is 23.3 Å². The SMILES string of the molecule is C=CC(=O)OC(C)(C)C(=O)c1ccc(OCC(=O)C(=O)C=C)cc1. The third-order valence-corrected chi connectivity index (χ3v) is 3.02. The number of hydrogen-bond donors (Lipinski definition) is 0. The van der Waals surface area contributed by atoms with E-state index in [0.29, 0.717) is 11.3 Å². The molecule has 0 aliphatic heterocycles. The minimum atomic E-state index is -1.35. The number of ether oxygens (including phenoxy) is 2. The third kappa shape index (κ3) is 5.01. The quantitative estimate of drug-likeness (QED) is 0.298. The van der Waals surface area contributed by atoms with Crippen molar-refractivity contribution in [3.63, 3.8) is 0 Å².